The molecule has 1 aromatic heterocycles. The molecule has 0 spiro atoms. The zero-order valence-electron chi connectivity index (χ0n) is 10.6. The Kier molecular flexibility index (Phi) is 3.41. The number of hydrogen-bond donors (Lipinski definition) is 1. The van der Waals surface area contributed by atoms with Gasteiger partial charge >= 0.3 is 0 Å². The van der Waals surface area contributed by atoms with E-state index in [1.807, 2.05) is 30.3 Å². The third-order valence-corrected chi connectivity index (χ3v) is 2.92. The molecule has 1 heterocycles. The molecular weight excluding hydrogens is 262 g/mol. The van der Waals surface area contributed by atoms with Crippen molar-refractivity contribution in [3.63, 3.8) is 0 Å². The molecule has 1 N–H and O–H groups in total. The van der Waals surface area contributed by atoms with Gasteiger partial charge in [-0.05, 0) is 25.3 Å². The van der Waals surface area contributed by atoms with Crippen LogP contribution in [0.3, 0.4) is 0 Å². The van der Waals surface area contributed by atoms with E-state index in [0.29, 0.717) is 0 Å². The van der Waals surface area contributed by atoms with Crippen LogP contribution in [0.5, 0.6) is 0 Å². The summed E-state index contributed by atoms with van der Waals surface area (Å²) in [6.07, 6.45) is 0. The third kappa shape index (κ3) is 2.83. The van der Waals surface area contributed by atoms with Crippen LogP contribution in [0.15, 0.2) is 30.3 Å². The zero-order valence-corrected chi connectivity index (χ0v) is 11.3. The van der Waals surface area contributed by atoms with Crippen molar-refractivity contribution in [3.8, 4) is 6.07 Å². The molecule has 0 unspecified atom stereocenters. The van der Waals surface area contributed by atoms with Gasteiger partial charge in [-0.25, -0.2) is 4.98 Å². The molecule has 2 rings (SSSR count). The molecule has 0 saturated heterocycles. The smallest absolute Gasteiger partial charge is 0.271 e. The highest BCUT2D eigenvalue weighted by Crippen LogP contribution is 2.22. The first kappa shape index (κ1) is 13.3. The number of fused-ring (bicyclic) bond motifs is 1. The topological polar surface area (TPSA) is 65.8 Å². The van der Waals surface area contributed by atoms with Gasteiger partial charge in [-0.1, -0.05) is 35.9 Å². The number of nitrogens with one attached hydrogen (secondary N) is 1. The molecule has 0 fully saturated rings. The summed E-state index contributed by atoms with van der Waals surface area (Å²) in [7, 11) is 0. The van der Waals surface area contributed by atoms with E-state index in [0.717, 1.165) is 10.8 Å². The number of rotatable bonds is 2. The number of amides is 1. The van der Waals surface area contributed by atoms with Crippen molar-refractivity contribution in [3.05, 3.63) is 41.2 Å². The minimum absolute atomic E-state index is 0.201. The van der Waals surface area contributed by atoms with E-state index in [-0.39, 0.29) is 10.8 Å². The highest BCUT2D eigenvalue weighted by atomic mass is 35.5. The van der Waals surface area contributed by atoms with Crippen LogP contribution in [0, 0.1) is 11.3 Å². The van der Waals surface area contributed by atoms with Crippen LogP contribution in [-0.2, 0) is 0 Å². The minimum atomic E-state index is -0.948. The van der Waals surface area contributed by atoms with Crippen LogP contribution in [0.2, 0.25) is 5.15 Å². The lowest BCUT2D eigenvalue weighted by Gasteiger charge is -2.17. The Morgan fingerprint density at radius 2 is 2.11 bits per heavy atom. The number of hydrogen-bond acceptors (Lipinski definition) is 3. The number of nitriles is 1. The van der Waals surface area contributed by atoms with Crippen LogP contribution < -0.4 is 5.32 Å². The molecule has 0 saturated carbocycles. The van der Waals surface area contributed by atoms with Crippen molar-refractivity contribution in [1.82, 2.24) is 10.3 Å². The summed E-state index contributed by atoms with van der Waals surface area (Å²) in [6, 6.07) is 11.1. The summed E-state index contributed by atoms with van der Waals surface area (Å²) < 4.78 is 0. The van der Waals surface area contributed by atoms with Crippen molar-refractivity contribution >= 4 is 28.3 Å². The number of carbonyl (C=O) groups excluding carboxylic acids is 1. The predicted molar refractivity (Wildman–Crippen MR) is 73.9 cm³/mol. The maximum Gasteiger partial charge on any atom is 0.271 e. The molecule has 0 bridgehead atoms. The second-order valence-corrected chi connectivity index (χ2v) is 5.07. The molecule has 0 atom stereocenters. The van der Waals surface area contributed by atoms with E-state index in [9.17, 15) is 4.79 Å². The van der Waals surface area contributed by atoms with Crippen LogP contribution in [0.1, 0.15) is 24.3 Å². The number of halogens is 1. The van der Waals surface area contributed by atoms with Gasteiger partial charge < -0.3 is 5.32 Å². The number of nitrogens with zero attached hydrogens (tertiary/aromatic N) is 2. The van der Waals surface area contributed by atoms with Gasteiger partial charge in [0.15, 0.2) is 0 Å². The Balaban J connectivity index is 2.42. The molecule has 1 aromatic carbocycles. The van der Waals surface area contributed by atoms with Crippen LogP contribution in [0.4, 0.5) is 0 Å². The van der Waals surface area contributed by atoms with Crippen molar-refractivity contribution in [2.24, 2.45) is 0 Å². The molecule has 5 heteroatoms. The average Bonchev–Trinajstić information content (AvgIpc) is 2.38. The number of benzene rings is 1. The Hall–Kier alpha value is -2.12. The van der Waals surface area contributed by atoms with Crippen molar-refractivity contribution in [2.75, 3.05) is 0 Å². The summed E-state index contributed by atoms with van der Waals surface area (Å²) >= 11 is 6.06. The first-order valence-electron chi connectivity index (χ1n) is 5.72. The van der Waals surface area contributed by atoms with Crippen molar-refractivity contribution in [1.29, 1.82) is 5.26 Å². The molecule has 19 heavy (non-hydrogen) atoms. The van der Waals surface area contributed by atoms with Gasteiger partial charge in [0, 0.05) is 5.39 Å². The second-order valence-electron chi connectivity index (χ2n) is 4.71. The van der Waals surface area contributed by atoms with Crippen molar-refractivity contribution < 1.29 is 4.79 Å². The highest BCUT2D eigenvalue weighted by molar-refractivity contribution is 6.34. The largest absolute Gasteiger partial charge is 0.333 e. The average molecular weight is 274 g/mol. The summed E-state index contributed by atoms with van der Waals surface area (Å²) in [6.45, 7) is 3.24. The van der Waals surface area contributed by atoms with Gasteiger partial charge in [0.2, 0.25) is 0 Å². The molecule has 0 aliphatic heterocycles. The third-order valence-electron chi connectivity index (χ3n) is 2.63. The highest BCUT2D eigenvalue weighted by Gasteiger charge is 2.21. The molecule has 0 radical (unpaired) electrons. The molecular formula is C14H12ClN3O. The number of pyridine rings is 1. The van der Waals surface area contributed by atoms with Gasteiger partial charge in [0.1, 0.15) is 16.4 Å². The Labute approximate surface area is 116 Å². The Bertz CT molecular complexity index is 689. The first-order chi connectivity index (χ1) is 8.93. The standard InChI is InChI=1S/C14H12ClN3O/c1-14(2,8-16)18-13(19)11-7-9-5-3-4-6-10(9)12(15)17-11/h3-7H,1-2H3,(H,18,19). The summed E-state index contributed by atoms with van der Waals surface area (Å²) in [5.74, 6) is -0.417. The lowest BCUT2D eigenvalue weighted by molar-refractivity contribution is 0.0924. The van der Waals surface area contributed by atoms with Crippen LogP contribution in [0.25, 0.3) is 10.8 Å². The fourth-order valence-corrected chi connectivity index (χ4v) is 1.91. The van der Waals surface area contributed by atoms with E-state index in [2.05, 4.69) is 10.3 Å². The van der Waals surface area contributed by atoms with E-state index >= 15 is 0 Å². The van der Waals surface area contributed by atoms with Gasteiger partial charge in [-0.3, -0.25) is 4.79 Å². The number of aromatic nitrogens is 1. The molecule has 0 aliphatic rings. The zero-order chi connectivity index (χ0) is 14.0. The molecule has 96 valence electrons. The summed E-state index contributed by atoms with van der Waals surface area (Å²) in [5, 5.41) is 13.4. The second kappa shape index (κ2) is 4.87. The normalized spacial score (nSPS) is 11.1. The van der Waals surface area contributed by atoms with E-state index in [1.54, 1.807) is 19.9 Å². The molecule has 1 amide bonds. The lowest BCUT2D eigenvalue weighted by Crippen LogP contribution is -2.42. The van der Waals surface area contributed by atoms with Gasteiger partial charge in [-0.2, -0.15) is 5.26 Å². The minimum Gasteiger partial charge on any atom is -0.333 e. The number of carbonyl (C=O) groups is 1. The first-order valence-corrected chi connectivity index (χ1v) is 6.10. The van der Waals surface area contributed by atoms with Gasteiger partial charge in [0.05, 0.1) is 6.07 Å². The maximum absolute atomic E-state index is 12.0. The maximum atomic E-state index is 12.0. The predicted octanol–water partition coefficient (Wildman–Crippen LogP) is 2.92. The summed E-state index contributed by atoms with van der Waals surface area (Å²) in [4.78, 5) is 16.1. The van der Waals surface area contributed by atoms with Crippen molar-refractivity contribution in [2.45, 2.75) is 19.4 Å². The monoisotopic (exact) mass is 273 g/mol. The fourth-order valence-electron chi connectivity index (χ4n) is 1.65. The van der Waals surface area contributed by atoms with Gasteiger partial charge in [0.25, 0.3) is 5.91 Å². The van der Waals surface area contributed by atoms with Crippen LogP contribution in [-0.4, -0.2) is 16.4 Å². The SMILES string of the molecule is CC(C)(C#N)NC(=O)c1cc2ccccc2c(Cl)n1. The van der Waals surface area contributed by atoms with Gasteiger partial charge in [-0.15, -0.1) is 0 Å². The summed E-state index contributed by atoms with van der Waals surface area (Å²) in [5.41, 5.74) is -0.747. The quantitative estimate of drug-likeness (QED) is 0.856. The fraction of sp³-hybridized carbons (Fsp3) is 0.214. The molecule has 2 aromatic rings. The lowest BCUT2D eigenvalue weighted by atomic mass is 10.1. The Morgan fingerprint density at radius 3 is 2.79 bits per heavy atom. The van der Waals surface area contributed by atoms with E-state index in [1.165, 1.54) is 0 Å². The Morgan fingerprint density at radius 1 is 1.42 bits per heavy atom. The molecule has 4 nitrogen and oxygen atoms in total. The van der Waals surface area contributed by atoms with E-state index in [4.69, 9.17) is 16.9 Å². The van der Waals surface area contributed by atoms with Crippen LogP contribution >= 0.6 is 11.6 Å². The molecule has 0 aliphatic carbocycles. The van der Waals surface area contributed by atoms with E-state index < -0.39 is 11.4 Å².